The van der Waals surface area contributed by atoms with Gasteiger partial charge in [-0.1, -0.05) is 37.5 Å². The van der Waals surface area contributed by atoms with Gasteiger partial charge in [0.1, 0.15) is 4.90 Å². The molecule has 1 heterocycles. The number of hydrogen-bond donors (Lipinski definition) is 2. The van der Waals surface area contributed by atoms with Crippen molar-refractivity contribution in [3.8, 4) is 0 Å². The Bertz CT molecular complexity index is 928. The first-order valence-corrected chi connectivity index (χ1v) is 11.4. The number of hydrogen-bond acceptors (Lipinski definition) is 4. The molecule has 0 radical (unpaired) electrons. The lowest BCUT2D eigenvalue weighted by Crippen LogP contribution is -2.39. The highest BCUT2D eigenvalue weighted by Gasteiger charge is 2.31. The van der Waals surface area contributed by atoms with E-state index in [0.29, 0.717) is 0 Å². The number of nitrogens with one attached hydrogen (secondary N) is 2. The molecule has 0 bridgehead atoms. The summed E-state index contributed by atoms with van der Waals surface area (Å²) in [4.78, 5) is 16.8. The Labute approximate surface area is 172 Å². The van der Waals surface area contributed by atoms with E-state index in [1.54, 1.807) is 37.5 Å². The fourth-order valence-corrected chi connectivity index (χ4v) is 5.21. The maximum Gasteiger partial charge on any atom is 0.319 e. The standard InChI is InChI=1S/C21H28N4O3S/c1-16(18-12-8-9-15-22-18)23-21(26)24-19-13-6-7-14-20(19)29(27,28)25(2)17-10-4-3-5-11-17/h6-9,12-17H,3-5,10-11H2,1-2H3,(H2,23,24,26)/t16-/m1/s1. The molecule has 1 saturated carbocycles. The minimum Gasteiger partial charge on any atom is -0.330 e. The predicted octanol–water partition coefficient (Wildman–Crippen LogP) is 3.92. The molecule has 1 atom stereocenters. The Hall–Kier alpha value is -2.45. The van der Waals surface area contributed by atoms with Gasteiger partial charge in [-0.2, -0.15) is 4.31 Å². The second-order valence-electron chi connectivity index (χ2n) is 7.38. The maximum absolute atomic E-state index is 13.2. The Morgan fingerprint density at radius 1 is 1.10 bits per heavy atom. The van der Waals surface area contributed by atoms with Crippen molar-refractivity contribution < 1.29 is 13.2 Å². The molecule has 2 aromatic rings. The van der Waals surface area contributed by atoms with Crippen molar-refractivity contribution in [1.82, 2.24) is 14.6 Å². The summed E-state index contributed by atoms with van der Waals surface area (Å²) >= 11 is 0. The van der Waals surface area contributed by atoms with Crippen LogP contribution in [0, 0.1) is 0 Å². The van der Waals surface area contributed by atoms with Crippen LogP contribution in [0.1, 0.15) is 50.8 Å². The fourth-order valence-electron chi connectivity index (χ4n) is 3.65. The van der Waals surface area contributed by atoms with Crippen LogP contribution in [-0.4, -0.2) is 36.8 Å². The molecule has 2 amide bonds. The summed E-state index contributed by atoms with van der Waals surface area (Å²) < 4.78 is 27.9. The number of carbonyl (C=O) groups excluding carboxylic acids is 1. The number of benzene rings is 1. The first-order valence-electron chi connectivity index (χ1n) is 9.95. The first kappa shape index (κ1) is 21.3. The molecule has 3 rings (SSSR count). The molecular weight excluding hydrogens is 388 g/mol. The van der Waals surface area contributed by atoms with Gasteiger partial charge in [0.25, 0.3) is 0 Å². The van der Waals surface area contributed by atoms with E-state index in [-0.39, 0.29) is 22.7 Å². The molecule has 0 unspecified atom stereocenters. The summed E-state index contributed by atoms with van der Waals surface area (Å²) in [6.07, 6.45) is 6.63. The van der Waals surface area contributed by atoms with Gasteiger partial charge >= 0.3 is 6.03 Å². The van der Waals surface area contributed by atoms with Crippen molar-refractivity contribution in [2.24, 2.45) is 0 Å². The zero-order valence-corrected chi connectivity index (χ0v) is 17.7. The van der Waals surface area contributed by atoms with E-state index in [9.17, 15) is 13.2 Å². The summed E-state index contributed by atoms with van der Waals surface area (Å²) in [5.41, 5.74) is 0.987. The third kappa shape index (κ3) is 5.13. The van der Waals surface area contributed by atoms with Crippen molar-refractivity contribution >= 4 is 21.7 Å². The molecular formula is C21H28N4O3S. The predicted molar refractivity (Wildman–Crippen MR) is 113 cm³/mol. The van der Waals surface area contributed by atoms with Crippen LogP contribution in [-0.2, 0) is 10.0 Å². The fraction of sp³-hybridized carbons (Fsp3) is 0.429. The van der Waals surface area contributed by atoms with Crippen molar-refractivity contribution in [2.45, 2.75) is 56.0 Å². The van der Waals surface area contributed by atoms with Crippen LogP contribution >= 0.6 is 0 Å². The maximum atomic E-state index is 13.2. The van der Waals surface area contributed by atoms with E-state index < -0.39 is 16.1 Å². The second-order valence-corrected chi connectivity index (χ2v) is 9.35. The van der Waals surface area contributed by atoms with E-state index in [2.05, 4.69) is 15.6 Å². The van der Waals surface area contributed by atoms with Crippen molar-refractivity contribution in [3.05, 3.63) is 54.4 Å². The van der Waals surface area contributed by atoms with Crippen LogP contribution in [0.4, 0.5) is 10.5 Å². The second kappa shape index (κ2) is 9.37. The molecule has 7 nitrogen and oxygen atoms in total. The average molecular weight is 417 g/mol. The average Bonchev–Trinajstić information content (AvgIpc) is 2.74. The lowest BCUT2D eigenvalue weighted by Gasteiger charge is -2.31. The number of urea groups is 1. The third-order valence-electron chi connectivity index (χ3n) is 5.36. The van der Waals surface area contributed by atoms with Gasteiger partial charge in [0.15, 0.2) is 0 Å². The van der Waals surface area contributed by atoms with Crippen LogP contribution in [0.5, 0.6) is 0 Å². The number of carbonyl (C=O) groups is 1. The number of amides is 2. The Balaban J connectivity index is 1.75. The molecule has 1 aromatic heterocycles. The Morgan fingerprint density at radius 3 is 2.48 bits per heavy atom. The minimum atomic E-state index is -3.72. The first-order chi connectivity index (χ1) is 13.9. The van der Waals surface area contributed by atoms with Gasteiger partial charge in [0.05, 0.1) is 17.4 Å². The molecule has 1 aliphatic carbocycles. The molecule has 0 saturated heterocycles. The number of para-hydroxylation sites is 1. The SMILES string of the molecule is C[C@@H](NC(=O)Nc1ccccc1S(=O)(=O)N(C)C1CCCCC1)c1ccccn1. The molecule has 0 spiro atoms. The topological polar surface area (TPSA) is 91.4 Å². The molecule has 0 aliphatic heterocycles. The zero-order chi connectivity index (χ0) is 20.9. The number of rotatable bonds is 6. The van der Waals surface area contributed by atoms with Gasteiger partial charge in [-0.3, -0.25) is 4.98 Å². The van der Waals surface area contributed by atoms with E-state index in [4.69, 9.17) is 0 Å². The van der Waals surface area contributed by atoms with E-state index in [1.165, 1.54) is 10.4 Å². The summed E-state index contributed by atoms with van der Waals surface area (Å²) in [6.45, 7) is 1.82. The van der Waals surface area contributed by atoms with Crippen LogP contribution in [0.25, 0.3) is 0 Å². The number of anilines is 1. The van der Waals surface area contributed by atoms with E-state index in [0.717, 1.165) is 37.8 Å². The summed E-state index contributed by atoms with van der Waals surface area (Å²) in [5.74, 6) is 0. The molecule has 1 fully saturated rings. The summed E-state index contributed by atoms with van der Waals surface area (Å²) in [7, 11) is -2.09. The van der Waals surface area contributed by atoms with Gasteiger partial charge in [-0.25, -0.2) is 13.2 Å². The van der Waals surface area contributed by atoms with Gasteiger partial charge in [0.2, 0.25) is 10.0 Å². The third-order valence-corrected chi connectivity index (χ3v) is 7.33. The summed E-state index contributed by atoms with van der Waals surface area (Å²) in [5, 5.41) is 5.49. The highest BCUT2D eigenvalue weighted by Crippen LogP contribution is 2.29. The molecule has 29 heavy (non-hydrogen) atoms. The number of sulfonamides is 1. The van der Waals surface area contributed by atoms with E-state index >= 15 is 0 Å². The lowest BCUT2D eigenvalue weighted by atomic mass is 9.96. The van der Waals surface area contributed by atoms with Crippen molar-refractivity contribution in [3.63, 3.8) is 0 Å². The highest BCUT2D eigenvalue weighted by molar-refractivity contribution is 7.89. The van der Waals surface area contributed by atoms with Crippen LogP contribution < -0.4 is 10.6 Å². The molecule has 8 heteroatoms. The number of nitrogens with zero attached hydrogens (tertiary/aromatic N) is 2. The highest BCUT2D eigenvalue weighted by atomic mass is 32.2. The quantitative estimate of drug-likeness (QED) is 0.747. The van der Waals surface area contributed by atoms with Gasteiger partial charge in [-0.05, 0) is 44.0 Å². The Kier molecular flexibility index (Phi) is 6.87. The molecule has 156 valence electrons. The van der Waals surface area contributed by atoms with Crippen molar-refractivity contribution in [1.29, 1.82) is 0 Å². The smallest absolute Gasteiger partial charge is 0.319 e. The molecule has 1 aromatic carbocycles. The van der Waals surface area contributed by atoms with Gasteiger partial charge in [0, 0.05) is 19.3 Å². The van der Waals surface area contributed by atoms with Gasteiger partial charge < -0.3 is 10.6 Å². The molecule has 1 aliphatic rings. The van der Waals surface area contributed by atoms with Crippen LogP contribution in [0.2, 0.25) is 0 Å². The lowest BCUT2D eigenvalue weighted by molar-refractivity contribution is 0.249. The van der Waals surface area contributed by atoms with Crippen LogP contribution in [0.15, 0.2) is 53.6 Å². The largest absolute Gasteiger partial charge is 0.330 e. The van der Waals surface area contributed by atoms with E-state index in [1.807, 2.05) is 19.1 Å². The normalized spacial score (nSPS) is 16.4. The van der Waals surface area contributed by atoms with Crippen LogP contribution in [0.3, 0.4) is 0 Å². The van der Waals surface area contributed by atoms with Crippen molar-refractivity contribution in [2.75, 3.05) is 12.4 Å². The number of aromatic nitrogens is 1. The summed E-state index contributed by atoms with van der Waals surface area (Å²) in [6, 6.07) is 11.2. The zero-order valence-electron chi connectivity index (χ0n) is 16.8. The monoisotopic (exact) mass is 416 g/mol. The van der Waals surface area contributed by atoms with Gasteiger partial charge in [-0.15, -0.1) is 0 Å². The Morgan fingerprint density at radius 2 is 1.79 bits per heavy atom. The number of pyridine rings is 1. The molecule has 2 N–H and O–H groups in total. The minimum absolute atomic E-state index is 0.000176.